The van der Waals surface area contributed by atoms with Crippen molar-refractivity contribution in [2.24, 2.45) is 0 Å². The molecule has 78 valence electrons. The SMILES string of the molecule is COP(=O)(OCCC#N)OCCC#N. The number of nitrogens with zero attached hydrogens (tertiary/aromatic N) is 2. The van der Waals surface area contributed by atoms with E-state index >= 15 is 0 Å². The van der Waals surface area contributed by atoms with Crippen LogP contribution in [-0.4, -0.2) is 20.3 Å². The molecule has 0 saturated heterocycles. The van der Waals surface area contributed by atoms with Gasteiger partial charge in [-0.2, -0.15) is 10.5 Å². The molecule has 0 aromatic carbocycles. The van der Waals surface area contributed by atoms with Crippen LogP contribution in [-0.2, 0) is 18.1 Å². The smallest absolute Gasteiger partial charge is 0.290 e. The van der Waals surface area contributed by atoms with Crippen LogP contribution in [0.1, 0.15) is 12.8 Å². The molecule has 6 nitrogen and oxygen atoms in total. The van der Waals surface area contributed by atoms with E-state index in [4.69, 9.17) is 19.6 Å². The molecule has 0 aliphatic rings. The highest BCUT2D eigenvalue weighted by atomic mass is 31.2. The standard InChI is InChI=1S/C7H11N2O4P/c1-11-14(10,12-6-2-4-8)13-7-3-5-9/h2-3,6-7H2,1H3. The van der Waals surface area contributed by atoms with Gasteiger partial charge in [0.05, 0.1) is 38.2 Å². The molecule has 0 bridgehead atoms. The second-order valence-corrected chi connectivity index (χ2v) is 3.89. The van der Waals surface area contributed by atoms with Crippen LogP contribution < -0.4 is 0 Å². The Morgan fingerprint density at radius 2 is 1.57 bits per heavy atom. The number of phosphoric ester groups is 1. The molecular formula is C7H11N2O4P. The third kappa shape index (κ3) is 5.69. The Bertz CT molecular complexity index is 256. The van der Waals surface area contributed by atoms with E-state index in [0.717, 1.165) is 0 Å². The number of hydrogen-bond donors (Lipinski definition) is 0. The first-order valence-corrected chi connectivity index (χ1v) is 5.33. The molecule has 0 aromatic heterocycles. The van der Waals surface area contributed by atoms with E-state index in [1.165, 1.54) is 7.11 Å². The molecule has 14 heavy (non-hydrogen) atoms. The lowest BCUT2D eigenvalue weighted by Crippen LogP contribution is -2.00. The summed E-state index contributed by atoms with van der Waals surface area (Å²) in [7, 11) is -2.38. The summed E-state index contributed by atoms with van der Waals surface area (Å²) in [6.45, 7) is -0.0393. The molecule has 0 radical (unpaired) electrons. The van der Waals surface area contributed by atoms with Crippen molar-refractivity contribution in [3.05, 3.63) is 0 Å². The molecule has 0 amide bonds. The van der Waals surface area contributed by atoms with E-state index in [1.54, 1.807) is 0 Å². The molecule has 0 heterocycles. The van der Waals surface area contributed by atoms with Gasteiger partial charge in [-0.25, -0.2) is 4.57 Å². The largest absolute Gasteiger partial charge is 0.474 e. The number of nitriles is 2. The lowest BCUT2D eigenvalue weighted by atomic mass is 10.5. The Labute approximate surface area is 82.6 Å². The Morgan fingerprint density at radius 3 is 1.86 bits per heavy atom. The topological polar surface area (TPSA) is 92.3 Å². The Balaban J connectivity index is 3.88. The monoisotopic (exact) mass is 218 g/mol. The van der Waals surface area contributed by atoms with E-state index in [1.807, 2.05) is 12.1 Å². The zero-order valence-electron chi connectivity index (χ0n) is 7.80. The molecule has 0 rings (SSSR count). The van der Waals surface area contributed by atoms with Gasteiger partial charge in [0.25, 0.3) is 0 Å². The molecule has 0 saturated carbocycles. The minimum absolute atomic E-state index is 0.0197. The van der Waals surface area contributed by atoms with Crippen LogP contribution in [0.15, 0.2) is 0 Å². The van der Waals surface area contributed by atoms with Gasteiger partial charge in [-0.3, -0.25) is 13.6 Å². The highest BCUT2D eigenvalue weighted by molar-refractivity contribution is 7.48. The van der Waals surface area contributed by atoms with E-state index in [0.29, 0.717) is 0 Å². The van der Waals surface area contributed by atoms with E-state index in [2.05, 4.69) is 4.52 Å². The van der Waals surface area contributed by atoms with Crippen molar-refractivity contribution >= 4 is 7.82 Å². The van der Waals surface area contributed by atoms with Gasteiger partial charge < -0.3 is 0 Å². The van der Waals surface area contributed by atoms with Crippen molar-refractivity contribution in [2.45, 2.75) is 12.8 Å². The van der Waals surface area contributed by atoms with Crippen LogP contribution in [0.5, 0.6) is 0 Å². The van der Waals surface area contributed by atoms with Gasteiger partial charge in [0.2, 0.25) is 0 Å². The van der Waals surface area contributed by atoms with Gasteiger partial charge in [-0.05, 0) is 0 Å². The lowest BCUT2D eigenvalue weighted by Gasteiger charge is -2.13. The third-order valence-corrected chi connectivity index (χ3v) is 2.59. The van der Waals surface area contributed by atoms with E-state index in [-0.39, 0.29) is 26.1 Å². The van der Waals surface area contributed by atoms with Crippen LogP contribution in [0.4, 0.5) is 0 Å². The highest BCUT2D eigenvalue weighted by Crippen LogP contribution is 2.48. The Hall–Kier alpha value is -0.910. The average molecular weight is 218 g/mol. The predicted octanol–water partition coefficient (Wildman–Crippen LogP) is 1.60. The zero-order chi connectivity index (χ0) is 10.9. The highest BCUT2D eigenvalue weighted by Gasteiger charge is 2.23. The molecule has 0 aliphatic heterocycles. The fourth-order valence-corrected chi connectivity index (χ4v) is 1.46. The van der Waals surface area contributed by atoms with Gasteiger partial charge in [-0.1, -0.05) is 0 Å². The van der Waals surface area contributed by atoms with Crippen molar-refractivity contribution in [1.29, 1.82) is 10.5 Å². The van der Waals surface area contributed by atoms with Crippen molar-refractivity contribution in [2.75, 3.05) is 20.3 Å². The molecule has 0 aliphatic carbocycles. The molecule has 0 N–H and O–H groups in total. The summed E-state index contributed by atoms with van der Waals surface area (Å²) in [6, 6.07) is 3.64. The van der Waals surface area contributed by atoms with Crippen molar-refractivity contribution in [1.82, 2.24) is 0 Å². The van der Waals surface area contributed by atoms with Crippen molar-refractivity contribution < 1.29 is 18.1 Å². The van der Waals surface area contributed by atoms with Crippen LogP contribution in [0, 0.1) is 22.7 Å². The third-order valence-electron chi connectivity index (χ3n) is 1.15. The van der Waals surface area contributed by atoms with Crippen LogP contribution in [0.2, 0.25) is 0 Å². The molecule has 7 heteroatoms. The second-order valence-electron chi connectivity index (χ2n) is 2.11. The maximum Gasteiger partial charge on any atom is 0.474 e. The molecule has 0 spiro atoms. The van der Waals surface area contributed by atoms with Gasteiger partial charge >= 0.3 is 7.82 Å². The first-order chi connectivity index (χ1) is 6.68. The predicted molar refractivity (Wildman–Crippen MR) is 47.0 cm³/mol. The van der Waals surface area contributed by atoms with E-state index < -0.39 is 7.82 Å². The normalized spacial score (nSPS) is 10.5. The van der Waals surface area contributed by atoms with Crippen molar-refractivity contribution in [3.63, 3.8) is 0 Å². The van der Waals surface area contributed by atoms with Crippen molar-refractivity contribution in [3.8, 4) is 12.1 Å². The first kappa shape index (κ1) is 13.1. The zero-order valence-corrected chi connectivity index (χ0v) is 8.70. The quantitative estimate of drug-likeness (QED) is 0.476. The minimum Gasteiger partial charge on any atom is -0.290 e. The molecule has 0 fully saturated rings. The summed E-state index contributed by atoms with van der Waals surface area (Å²) in [5.41, 5.74) is 0. The summed E-state index contributed by atoms with van der Waals surface area (Å²) in [6.07, 6.45) is 0.212. The number of phosphoric acid groups is 1. The average Bonchev–Trinajstić information content (AvgIpc) is 2.19. The molecule has 0 unspecified atom stereocenters. The van der Waals surface area contributed by atoms with E-state index in [9.17, 15) is 4.57 Å². The second kappa shape index (κ2) is 7.49. The summed E-state index contributed by atoms with van der Waals surface area (Å²) in [4.78, 5) is 0. The first-order valence-electron chi connectivity index (χ1n) is 3.87. The number of rotatable bonds is 7. The van der Waals surface area contributed by atoms with Gasteiger partial charge in [0, 0.05) is 7.11 Å². The van der Waals surface area contributed by atoms with Crippen LogP contribution in [0.25, 0.3) is 0 Å². The molecule has 0 atom stereocenters. The maximum absolute atomic E-state index is 11.4. The number of hydrogen-bond acceptors (Lipinski definition) is 6. The fraction of sp³-hybridized carbons (Fsp3) is 0.714. The molecule has 0 aromatic rings. The Morgan fingerprint density at radius 1 is 1.14 bits per heavy atom. The summed E-state index contributed by atoms with van der Waals surface area (Å²) in [5, 5.41) is 16.4. The minimum atomic E-state index is -3.56. The Kier molecular flexibility index (Phi) is 7.00. The summed E-state index contributed by atoms with van der Waals surface area (Å²) in [5.74, 6) is 0. The van der Waals surface area contributed by atoms with Gasteiger partial charge in [0.15, 0.2) is 0 Å². The van der Waals surface area contributed by atoms with Gasteiger partial charge in [-0.15, -0.1) is 0 Å². The summed E-state index contributed by atoms with van der Waals surface area (Å²) >= 11 is 0. The fourth-order valence-electron chi connectivity index (χ4n) is 0.549. The summed E-state index contributed by atoms with van der Waals surface area (Å²) < 4.78 is 25.5. The maximum atomic E-state index is 11.4. The lowest BCUT2D eigenvalue weighted by molar-refractivity contribution is 0.135. The van der Waals surface area contributed by atoms with Gasteiger partial charge in [0.1, 0.15) is 0 Å². The molecular weight excluding hydrogens is 207 g/mol. The van der Waals surface area contributed by atoms with Crippen LogP contribution >= 0.6 is 7.82 Å². The van der Waals surface area contributed by atoms with Crippen LogP contribution in [0.3, 0.4) is 0 Å².